The fourth-order valence-electron chi connectivity index (χ4n) is 10.4. The number of aliphatic hydroxyl groups is 4. The van der Waals surface area contributed by atoms with Crippen LogP contribution < -0.4 is 14.6 Å². The number of nitrogens with one attached hydrogen (secondary N) is 1. The topological polar surface area (TPSA) is 202 Å². The molecule has 330 valence electrons. The third kappa shape index (κ3) is 7.23. The van der Waals surface area contributed by atoms with E-state index in [1.165, 1.54) is 19.1 Å². The second-order valence-electron chi connectivity index (χ2n) is 18.0. The minimum atomic E-state index is -2.31. The largest absolute Gasteiger partial charge is 0.455 e. The molecule has 2 bridgehead atoms. The van der Waals surface area contributed by atoms with Gasteiger partial charge in [-0.05, 0) is 60.9 Å². The second-order valence-corrected chi connectivity index (χ2v) is 18.0. The van der Waals surface area contributed by atoms with Crippen molar-refractivity contribution in [2.45, 2.75) is 94.4 Å². The van der Waals surface area contributed by atoms with Crippen LogP contribution in [0.4, 0.5) is 0 Å². The summed E-state index contributed by atoms with van der Waals surface area (Å²) in [6.07, 6.45) is -8.10. The quantitative estimate of drug-likeness (QED) is 0.0885. The number of esters is 2. The standard InChI is InChI=1S/C49H52N2O12/c1-28-32(61-45(57)39(62-35-23-15-16-24-51(35)5)37(29-17-9-6-10-18-29)50-43(55)30-19-11-7-12-20-30)26-49(59)42(63-44(56)31-21-13-8-14-22-31)40-47(4,33(52)25-34-48(40,58)27-60-34)41(54)38(53)36(28)46(49,2)3/h6-24,32-34,37-40,42,52-53,58-59H,25-27H2,1-5H3/p+1/t32?,33?,34?,37?,38?,39?,40?,42?,47-,48?,49?/m1/s1. The van der Waals surface area contributed by atoms with Crippen molar-refractivity contribution in [3.05, 3.63) is 143 Å². The summed E-state index contributed by atoms with van der Waals surface area (Å²) in [7, 11) is 1.72. The first-order valence-electron chi connectivity index (χ1n) is 21.1. The minimum Gasteiger partial charge on any atom is -0.455 e. The van der Waals surface area contributed by atoms with Crippen molar-refractivity contribution in [1.82, 2.24) is 5.32 Å². The number of amides is 1. The van der Waals surface area contributed by atoms with Gasteiger partial charge in [0.2, 0.25) is 6.10 Å². The summed E-state index contributed by atoms with van der Waals surface area (Å²) in [6.45, 7) is 5.87. The maximum absolute atomic E-state index is 15.1. The van der Waals surface area contributed by atoms with Crippen molar-refractivity contribution in [3.63, 3.8) is 0 Å². The van der Waals surface area contributed by atoms with E-state index in [1.54, 1.807) is 136 Å². The molecule has 1 aromatic heterocycles. The molecule has 1 aliphatic heterocycles. The zero-order valence-electron chi connectivity index (χ0n) is 35.7. The fourth-order valence-corrected chi connectivity index (χ4v) is 10.4. The van der Waals surface area contributed by atoms with E-state index < -0.39 is 101 Å². The van der Waals surface area contributed by atoms with E-state index >= 15 is 4.79 Å². The smallest absolute Gasteiger partial charge is 0.368 e. The third-order valence-corrected chi connectivity index (χ3v) is 14.1. The molecule has 1 amide bonds. The van der Waals surface area contributed by atoms with Gasteiger partial charge in [-0.2, -0.15) is 4.57 Å². The minimum absolute atomic E-state index is 0.00502. The highest BCUT2D eigenvalue weighted by Gasteiger charge is 2.76. The fraction of sp³-hybridized carbons (Fsp3) is 0.408. The molecule has 2 saturated carbocycles. The SMILES string of the molecule is CC1=C2C(O)C(=O)[C@]3(C)C(O)CC4OCC4(O)C3C(OC(=O)c3ccccc3)C(O)(CC1OC(=O)C(Oc1cccc[n+]1C)C(NC(=O)c1ccccc1)c1ccccc1)C2(C)C. The van der Waals surface area contributed by atoms with Crippen molar-refractivity contribution in [3.8, 4) is 5.88 Å². The molecular formula is C49H53N2O12+. The molecule has 4 aliphatic rings. The number of aliphatic hydroxyl groups excluding tert-OH is 2. The van der Waals surface area contributed by atoms with Gasteiger partial charge in [-0.3, -0.25) is 9.59 Å². The molecule has 2 heterocycles. The van der Waals surface area contributed by atoms with Gasteiger partial charge in [-0.1, -0.05) is 80.6 Å². The zero-order valence-corrected chi connectivity index (χ0v) is 35.7. The lowest BCUT2D eigenvalue weighted by atomic mass is 9.44. The summed E-state index contributed by atoms with van der Waals surface area (Å²) in [5, 5.41) is 53.1. The number of nitrogens with zero attached hydrogens (tertiary/aromatic N) is 1. The van der Waals surface area contributed by atoms with Crippen molar-refractivity contribution >= 4 is 23.6 Å². The lowest BCUT2D eigenvalue weighted by molar-refractivity contribution is -0.677. The summed E-state index contributed by atoms with van der Waals surface area (Å²) in [6, 6.07) is 29.2. The Morgan fingerprint density at radius 3 is 2.05 bits per heavy atom. The van der Waals surface area contributed by atoms with Crippen LogP contribution >= 0.6 is 0 Å². The van der Waals surface area contributed by atoms with Crippen LogP contribution in [0.3, 0.4) is 0 Å². The monoisotopic (exact) mass is 861 g/mol. The summed E-state index contributed by atoms with van der Waals surface area (Å²) in [5.74, 6) is -4.52. The predicted octanol–water partition coefficient (Wildman–Crippen LogP) is 3.51. The summed E-state index contributed by atoms with van der Waals surface area (Å²) in [4.78, 5) is 58.1. The Balaban J connectivity index is 1.26. The third-order valence-electron chi connectivity index (χ3n) is 14.1. The van der Waals surface area contributed by atoms with Crippen LogP contribution in [0.1, 0.15) is 72.9 Å². The van der Waals surface area contributed by atoms with Crippen LogP contribution in [0.2, 0.25) is 0 Å². The van der Waals surface area contributed by atoms with Crippen molar-refractivity contribution < 1.29 is 63.1 Å². The number of rotatable bonds is 10. The first-order chi connectivity index (χ1) is 29.9. The Hall–Kier alpha value is -5.77. The van der Waals surface area contributed by atoms with Gasteiger partial charge < -0.3 is 44.7 Å². The van der Waals surface area contributed by atoms with Gasteiger partial charge in [0.1, 0.15) is 42.6 Å². The number of Topliss-reactive ketones (excluding diaryl/α,β-unsaturated/α-hetero) is 1. The molecular weight excluding hydrogens is 809 g/mol. The Morgan fingerprint density at radius 1 is 0.841 bits per heavy atom. The molecule has 8 rings (SSSR count). The van der Waals surface area contributed by atoms with Crippen LogP contribution in [0.15, 0.2) is 127 Å². The van der Waals surface area contributed by atoms with E-state index in [0.29, 0.717) is 11.1 Å². The molecule has 3 aromatic carbocycles. The van der Waals surface area contributed by atoms with Gasteiger partial charge >= 0.3 is 17.8 Å². The first-order valence-corrected chi connectivity index (χ1v) is 21.1. The summed E-state index contributed by atoms with van der Waals surface area (Å²) < 4.78 is 26.6. The number of carbonyl (C=O) groups excluding carboxylic acids is 4. The van der Waals surface area contributed by atoms with Gasteiger partial charge in [0.15, 0.2) is 12.0 Å². The number of carbonyl (C=O) groups is 4. The van der Waals surface area contributed by atoms with Gasteiger partial charge in [-0.15, -0.1) is 0 Å². The molecule has 14 nitrogen and oxygen atoms in total. The molecule has 0 radical (unpaired) electrons. The predicted molar refractivity (Wildman–Crippen MR) is 225 cm³/mol. The number of ketones is 1. The van der Waals surface area contributed by atoms with Gasteiger partial charge in [-0.25, -0.2) is 9.59 Å². The van der Waals surface area contributed by atoms with Crippen molar-refractivity contribution in [2.75, 3.05) is 6.61 Å². The highest BCUT2D eigenvalue weighted by Crippen LogP contribution is 2.63. The normalized spacial score (nSPS) is 31.7. The Kier molecular flexibility index (Phi) is 11.4. The van der Waals surface area contributed by atoms with Crippen LogP contribution in [0.25, 0.3) is 0 Å². The van der Waals surface area contributed by atoms with Gasteiger partial charge in [0.05, 0.1) is 35.9 Å². The molecule has 63 heavy (non-hydrogen) atoms. The molecule has 0 spiro atoms. The van der Waals surface area contributed by atoms with Crippen LogP contribution in [-0.2, 0) is 30.8 Å². The van der Waals surface area contributed by atoms with Crippen molar-refractivity contribution in [1.29, 1.82) is 0 Å². The number of pyridine rings is 1. The zero-order chi connectivity index (χ0) is 45.1. The van der Waals surface area contributed by atoms with Gasteiger partial charge in [0, 0.05) is 35.8 Å². The summed E-state index contributed by atoms with van der Waals surface area (Å²) >= 11 is 0. The Bertz CT molecular complexity index is 2430. The molecule has 11 atom stereocenters. The first kappa shape index (κ1) is 43.9. The van der Waals surface area contributed by atoms with E-state index in [-0.39, 0.29) is 35.6 Å². The maximum atomic E-state index is 15.1. The number of aromatic nitrogens is 1. The van der Waals surface area contributed by atoms with E-state index in [2.05, 4.69) is 5.32 Å². The van der Waals surface area contributed by atoms with Crippen LogP contribution in [0, 0.1) is 16.7 Å². The Morgan fingerprint density at radius 2 is 1.44 bits per heavy atom. The van der Waals surface area contributed by atoms with E-state index in [4.69, 9.17) is 18.9 Å². The maximum Gasteiger partial charge on any atom is 0.368 e. The second kappa shape index (κ2) is 16.4. The van der Waals surface area contributed by atoms with E-state index in [9.17, 15) is 34.8 Å². The number of aryl methyl sites for hydroxylation is 1. The molecule has 1 saturated heterocycles. The number of hydrogen-bond donors (Lipinski definition) is 5. The molecule has 3 fully saturated rings. The summed E-state index contributed by atoms with van der Waals surface area (Å²) in [5.41, 5.74) is -6.61. The van der Waals surface area contributed by atoms with Crippen LogP contribution in [-0.4, -0.2) is 98.5 Å². The lowest BCUT2D eigenvalue weighted by Crippen LogP contribution is -2.81. The molecule has 14 heteroatoms. The van der Waals surface area contributed by atoms with Crippen molar-refractivity contribution in [2.24, 2.45) is 23.8 Å². The molecule has 5 N–H and O–H groups in total. The lowest BCUT2D eigenvalue weighted by Gasteiger charge is -2.66. The van der Waals surface area contributed by atoms with E-state index in [1.807, 2.05) is 0 Å². The molecule has 10 unspecified atom stereocenters. The average molecular weight is 862 g/mol. The highest BCUT2D eigenvalue weighted by molar-refractivity contribution is 5.95. The van der Waals surface area contributed by atoms with Crippen LogP contribution in [0.5, 0.6) is 5.88 Å². The number of fused-ring (bicyclic) bond motifs is 5. The Labute approximate surface area is 365 Å². The molecule has 3 aliphatic carbocycles. The number of benzene rings is 3. The molecule has 4 aromatic rings. The number of ether oxygens (including phenoxy) is 4. The van der Waals surface area contributed by atoms with E-state index in [0.717, 1.165) is 0 Å². The number of hydrogen-bond acceptors (Lipinski definition) is 12. The highest BCUT2D eigenvalue weighted by atomic mass is 16.6. The average Bonchev–Trinajstić information content (AvgIpc) is 3.27. The van der Waals surface area contributed by atoms with Gasteiger partial charge in [0.25, 0.3) is 5.91 Å².